The first-order valence-corrected chi connectivity index (χ1v) is 40.1. The molecule has 12 aromatic rings. The van der Waals surface area contributed by atoms with E-state index in [1.54, 1.807) is 43.7 Å². The topological polar surface area (TPSA) is 235 Å². The summed E-state index contributed by atoms with van der Waals surface area (Å²) in [5.74, 6) is 4.27. The zero-order valence-corrected chi connectivity index (χ0v) is 66.7. The van der Waals surface area contributed by atoms with Crippen LogP contribution in [0.1, 0.15) is 126 Å². The molecule has 0 saturated carbocycles. The van der Waals surface area contributed by atoms with Crippen LogP contribution in [-0.4, -0.2) is 131 Å². The van der Waals surface area contributed by atoms with Crippen molar-refractivity contribution < 1.29 is 66.2 Å². The number of imidazole rings is 3. The first kappa shape index (κ1) is 80.7. The number of halogens is 2. The van der Waals surface area contributed by atoms with Gasteiger partial charge in [-0.05, 0) is 197 Å². The van der Waals surface area contributed by atoms with Crippen molar-refractivity contribution in [2.45, 2.75) is 104 Å². The Labute approximate surface area is 666 Å². The molecule has 0 atom stereocenters. The second-order valence-electron chi connectivity index (χ2n) is 28.7. The second kappa shape index (κ2) is 37.6. The van der Waals surface area contributed by atoms with Crippen molar-refractivity contribution in [3.63, 3.8) is 0 Å². The van der Waals surface area contributed by atoms with E-state index < -0.39 is 11.6 Å². The van der Waals surface area contributed by atoms with Crippen molar-refractivity contribution in [3.8, 4) is 68.8 Å². The number of nitrogens with zero attached hydrogens (tertiary/aromatic N) is 6. The zero-order chi connectivity index (χ0) is 79.9. The average Bonchev–Trinajstić information content (AvgIpc) is 1.64. The minimum atomic E-state index is -0.655. The lowest BCUT2D eigenvalue weighted by atomic mass is 10.0. The van der Waals surface area contributed by atoms with Crippen molar-refractivity contribution in [2.75, 3.05) is 95.7 Å². The minimum absolute atomic E-state index is 0.0110. The molecule has 594 valence electrons. The number of phenols is 1. The Morgan fingerprint density at radius 2 is 0.772 bits per heavy atom. The molecule has 6 heterocycles. The summed E-state index contributed by atoms with van der Waals surface area (Å²) in [7, 11) is 3.16. The standard InChI is InChI=1S/C31H35N3O4S.C30H32FN3O4.C29H30FN3O4/c1-5-28(35)25-8-6-22(14-20(25)2)34-19-33-31-26(32-18-21-10-12-37-13-11-21)15-24(16-27(31)34)38-29-9-7-23(36-3)17-30(29)39-4;1-4-28(35)24-7-5-21(13-19(24)2)34-18-33-30-26(32-17-20-9-11-37-12-10-20)15-23(16-27(30)34)38-29-8-6-22(36-3)14-25(29)31;1-3-27(35)23-6-4-20(12-18(23)2)33-17-32-29-25(31-16-19-8-10-36-11-9-19)14-22(15-26(29)33)37-28-7-5-21(34)13-24(28)30/h6-9,14-17,19,21,32H,5,10-13,18H2,1-4H3;5-8,13-16,18,20,32H,4,9-12,17H2,1-3H3;4-7,12-15,17,19,31,34H,3,8-11,16H2,1-2H3. The third-order valence-electron chi connectivity index (χ3n) is 21.1. The Morgan fingerprint density at radius 3 is 1.10 bits per heavy atom. The van der Waals surface area contributed by atoms with Crippen molar-refractivity contribution in [3.05, 3.63) is 210 Å². The van der Waals surface area contributed by atoms with Gasteiger partial charge in [-0.2, -0.15) is 0 Å². The number of phenolic OH excluding ortho intramolecular Hbond substituents is 1. The van der Waals surface area contributed by atoms with E-state index in [0.717, 1.165) is 215 Å². The van der Waals surface area contributed by atoms with Gasteiger partial charge in [0.05, 0.1) is 52.7 Å². The number of thioether (sulfide) groups is 1. The van der Waals surface area contributed by atoms with E-state index in [9.17, 15) is 28.3 Å². The number of rotatable bonds is 27. The summed E-state index contributed by atoms with van der Waals surface area (Å²) in [4.78, 5) is 52.1. The molecule has 4 N–H and O–H groups in total. The fourth-order valence-electron chi connectivity index (χ4n) is 14.5. The lowest BCUT2D eigenvalue weighted by molar-refractivity contribution is 0.0698. The molecule has 3 fully saturated rings. The summed E-state index contributed by atoms with van der Waals surface area (Å²) in [5, 5.41) is 20.3. The highest BCUT2D eigenvalue weighted by Crippen LogP contribution is 2.41. The molecule has 3 saturated heterocycles. The summed E-state index contributed by atoms with van der Waals surface area (Å²) in [6.45, 7) is 18.5. The largest absolute Gasteiger partial charge is 0.508 e. The molecular formula is C90H97F2N9O12S. The summed E-state index contributed by atoms with van der Waals surface area (Å²) in [6.07, 6.45) is 14.8. The number of aromatic hydroxyl groups is 1. The number of nitrogens with one attached hydrogen (secondary N) is 3. The van der Waals surface area contributed by atoms with Crippen molar-refractivity contribution in [1.82, 2.24) is 28.7 Å². The Balaban J connectivity index is 0.000000149. The SMILES string of the molecule is CCC(=O)c1ccc(-n2cnc3c(NCC4CCOCC4)cc(Oc4ccc(O)cc4F)cc32)cc1C.CCC(=O)c1ccc(-n2cnc3c(NCC4CCOCC4)cc(Oc4ccc(OC)cc4F)cc32)cc1C.CCC(=O)c1ccc(-n2cnc3c(NCC4CCOCC4)cc(Oc4ccc(OC)cc4SC)cc32)cc1C. The molecule has 24 heteroatoms. The van der Waals surface area contributed by atoms with Gasteiger partial charge in [0.25, 0.3) is 0 Å². The quantitative estimate of drug-likeness (QED) is 0.0277. The predicted octanol–water partition coefficient (Wildman–Crippen LogP) is 20.4. The maximum Gasteiger partial charge on any atom is 0.169 e. The zero-order valence-electron chi connectivity index (χ0n) is 65.8. The minimum Gasteiger partial charge on any atom is -0.508 e. The Morgan fingerprint density at radius 1 is 0.439 bits per heavy atom. The van der Waals surface area contributed by atoms with Gasteiger partial charge in [0.1, 0.15) is 75.8 Å². The van der Waals surface area contributed by atoms with Gasteiger partial charge in [0.15, 0.2) is 40.5 Å². The monoisotopic (exact) mass is 1570 g/mol. The van der Waals surface area contributed by atoms with E-state index in [-0.39, 0.29) is 34.6 Å². The van der Waals surface area contributed by atoms with Gasteiger partial charge in [0.2, 0.25) is 0 Å². The van der Waals surface area contributed by atoms with E-state index in [0.29, 0.717) is 65.6 Å². The molecule has 21 nitrogen and oxygen atoms in total. The molecule has 0 aliphatic carbocycles. The molecule has 0 radical (unpaired) electrons. The number of benzene rings is 9. The summed E-state index contributed by atoms with van der Waals surface area (Å²) in [5.41, 5.74) is 15.1. The van der Waals surface area contributed by atoms with Crippen molar-refractivity contribution in [2.24, 2.45) is 17.8 Å². The maximum absolute atomic E-state index is 14.7. The molecule has 0 unspecified atom stereocenters. The first-order valence-electron chi connectivity index (χ1n) is 38.9. The number of ketones is 3. The van der Waals surface area contributed by atoms with Crippen LogP contribution in [-0.2, 0) is 14.2 Å². The van der Waals surface area contributed by atoms with Gasteiger partial charge in [-0.1, -0.05) is 20.8 Å². The number of hydrogen-bond acceptors (Lipinski definition) is 19. The van der Waals surface area contributed by atoms with Crippen LogP contribution >= 0.6 is 11.8 Å². The Kier molecular flexibility index (Phi) is 26.6. The fraction of sp³-hybridized carbons (Fsp3) is 0.333. The third kappa shape index (κ3) is 19.1. The van der Waals surface area contributed by atoms with Gasteiger partial charge in [-0.25, -0.2) is 23.7 Å². The summed E-state index contributed by atoms with van der Waals surface area (Å²) >= 11 is 1.61. The Hall–Kier alpha value is -11.3. The maximum atomic E-state index is 14.7. The Bertz CT molecular complexity index is 5430. The van der Waals surface area contributed by atoms with E-state index in [1.165, 1.54) is 25.3 Å². The number of aryl methyl sites for hydroxylation is 3. The van der Waals surface area contributed by atoms with Crippen LogP contribution in [0.4, 0.5) is 25.8 Å². The first-order chi connectivity index (χ1) is 55.4. The number of carbonyl (C=O) groups excluding carboxylic acids is 3. The number of fused-ring (bicyclic) bond motifs is 3. The normalized spacial score (nSPS) is 14.0. The van der Waals surface area contributed by atoms with Crippen molar-refractivity contribution in [1.29, 1.82) is 0 Å². The number of ether oxygens (including phenoxy) is 8. The number of carbonyl (C=O) groups is 3. The highest BCUT2D eigenvalue weighted by molar-refractivity contribution is 7.98. The lowest BCUT2D eigenvalue weighted by Gasteiger charge is -2.23. The molecule has 0 spiro atoms. The highest BCUT2D eigenvalue weighted by Gasteiger charge is 2.24. The average molecular weight is 1570 g/mol. The molecule has 0 amide bonds. The highest BCUT2D eigenvalue weighted by atomic mass is 32.2. The summed E-state index contributed by atoms with van der Waals surface area (Å²) in [6, 6.07) is 42.9. The van der Waals surface area contributed by atoms with Crippen LogP contribution < -0.4 is 39.6 Å². The molecule has 3 aromatic heterocycles. The number of anilines is 3. The van der Waals surface area contributed by atoms with Gasteiger partial charge < -0.3 is 59.0 Å². The number of hydrogen-bond donors (Lipinski definition) is 4. The molecule has 15 rings (SSSR count). The van der Waals surface area contributed by atoms with E-state index in [2.05, 4.69) is 25.5 Å². The molecule has 114 heavy (non-hydrogen) atoms. The molecule has 3 aliphatic heterocycles. The van der Waals surface area contributed by atoms with Gasteiger partial charge in [0, 0.05) is 161 Å². The number of Topliss-reactive ketones (excluding diaryl/α,β-unsaturated/α-hetero) is 3. The lowest BCUT2D eigenvalue weighted by Crippen LogP contribution is -2.22. The molecule has 9 aromatic carbocycles. The summed E-state index contributed by atoms with van der Waals surface area (Å²) < 4.78 is 80.6. The van der Waals surface area contributed by atoms with Crippen LogP contribution in [0.25, 0.3) is 50.2 Å². The van der Waals surface area contributed by atoms with Gasteiger partial charge >= 0.3 is 0 Å². The van der Waals surface area contributed by atoms with E-state index >= 15 is 0 Å². The van der Waals surface area contributed by atoms with Crippen molar-refractivity contribution >= 4 is 79.3 Å². The van der Waals surface area contributed by atoms with Gasteiger partial charge in [-0.15, -0.1) is 11.8 Å². The smallest absolute Gasteiger partial charge is 0.169 e. The van der Waals surface area contributed by atoms with Crippen LogP contribution in [0.3, 0.4) is 0 Å². The van der Waals surface area contributed by atoms with Crippen LogP contribution in [0.5, 0.6) is 51.7 Å². The van der Waals surface area contributed by atoms with E-state index in [1.807, 2.05) is 172 Å². The fourth-order valence-corrected chi connectivity index (χ4v) is 15.0. The van der Waals surface area contributed by atoms with Crippen LogP contribution in [0.15, 0.2) is 169 Å². The second-order valence-corrected chi connectivity index (χ2v) is 29.6. The molecular weight excluding hydrogens is 1470 g/mol. The van der Waals surface area contributed by atoms with Crippen LogP contribution in [0, 0.1) is 50.2 Å². The number of aromatic nitrogens is 6. The number of methoxy groups -OCH3 is 2. The van der Waals surface area contributed by atoms with E-state index in [4.69, 9.17) is 47.9 Å². The van der Waals surface area contributed by atoms with Crippen LogP contribution in [0.2, 0.25) is 0 Å². The van der Waals surface area contributed by atoms with Gasteiger partial charge in [-0.3, -0.25) is 28.1 Å². The molecule has 0 bridgehead atoms. The molecule has 3 aliphatic rings. The third-order valence-corrected chi connectivity index (χ3v) is 21.8. The predicted molar refractivity (Wildman–Crippen MR) is 443 cm³/mol.